The number of anilines is 1. The van der Waals surface area contributed by atoms with Crippen LogP contribution in [0.5, 0.6) is 0 Å². The summed E-state index contributed by atoms with van der Waals surface area (Å²) in [6, 6.07) is 6.91. The van der Waals surface area contributed by atoms with E-state index in [2.05, 4.69) is 39.6 Å². The highest BCUT2D eigenvalue weighted by Gasteiger charge is 2.14. The Morgan fingerprint density at radius 3 is 2.50 bits per heavy atom. The van der Waals surface area contributed by atoms with Crippen molar-refractivity contribution >= 4 is 28.8 Å². The molecule has 1 aliphatic rings. The highest BCUT2D eigenvalue weighted by molar-refractivity contribution is 7.13. The van der Waals surface area contributed by atoms with E-state index in [0.717, 1.165) is 24.4 Å². The lowest BCUT2D eigenvalue weighted by atomic mass is 10.1. The van der Waals surface area contributed by atoms with Crippen molar-refractivity contribution in [3.05, 3.63) is 39.8 Å². The minimum Gasteiger partial charge on any atom is -0.352 e. The summed E-state index contributed by atoms with van der Waals surface area (Å²) in [6.07, 6.45) is 5.68. The number of carbonyl (C=O) groups excluding carboxylic acids is 2. The molecule has 1 aromatic heterocycles. The second kappa shape index (κ2) is 11.2. The maximum Gasteiger partial charge on any atom is 0.286 e. The van der Waals surface area contributed by atoms with E-state index in [1.165, 1.54) is 43.7 Å². The van der Waals surface area contributed by atoms with E-state index >= 15 is 0 Å². The molecular formula is C22H31N5O2S. The lowest BCUT2D eigenvalue weighted by Gasteiger charge is -2.26. The second-order valence-electron chi connectivity index (χ2n) is 8.14. The molecule has 1 aliphatic heterocycles. The molecule has 162 valence electrons. The number of piperidine rings is 1. The topological polar surface area (TPSA) is 87.2 Å². The molecule has 1 fully saturated rings. The summed E-state index contributed by atoms with van der Waals surface area (Å²) in [5.74, 6) is 0.101. The summed E-state index contributed by atoms with van der Waals surface area (Å²) in [5.41, 5.74) is 1.21. The minimum absolute atomic E-state index is 0.0889. The average Bonchev–Trinajstić information content (AvgIpc) is 3.20. The van der Waals surface area contributed by atoms with Gasteiger partial charge in [-0.25, -0.2) is 0 Å². The third-order valence-electron chi connectivity index (χ3n) is 5.03. The van der Waals surface area contributed by atoms with Crippen LogP contribution in [-0.4, -0.2) is 53.1 Å². The van der Waals surface area contributed by atoms with Gasteiger partial charge in [0.2, 0.25) is 5.01 Å². The predicted molar refractivity (Wildman–Crippen MR) is 120 cm³/mol. The molecule has 1 saturated heterocycles. The van der Waals surface area contributed by atoms with Crippen LogP contribution in [0.3, 0.4) is 0 Å². The maximum absolute atomic E-state index is 12.4. The Bertz CT molecular complexity index is 828. The van der Waals surface area contributed by atoms with E-state index in [9.17, 15) is 9.59 Å². The van der Waals surface area contributed by atoms with Gasteiger partial charge in [-0.2, -0.15) is 0 Å². The van der Waals surface area contributed by atoms with E-state index < -0.39 is 0 Å². The van der Waals surface area contributed by atoms with Crippen LogP contribution in [0, 0.1) is 5.92 Å². The number of rotatable bonds is 9. The molecule has 1 aromatic carbocycles. The van der Waals surface area contributed by atoms with Crippen LogP contribution in [0.4, 0.5) is 5.69 Å². The van der Waals surface area contributed by atoms with Crippen molar-refractivity contribution in [2.75, 3.05) is 31.5 Å². The van der Waals surface area contributed by atoms with Crippen molar-refractivity contribution in [1.82, 2.24) is 20.4 Å². The Kier molecular flexibility index (Phi) is 8.33. The van der Waals surface area contributed by atoms with Gasteiger partial charge in [0.25, 0.3) is 11.8 Å². The van der Waals surface area contributed by atoms with Crippen LogP contribution >= 0.6 is 11.3 Å². The zero-order valence-corrected chi connectivity index (χ0v) is 18.6. The summed E-state index contributed by atoms with van der Waals surface area (Å²) < 4.78 is 0. The van der Waals surface area contributed by atoms with Crippen LogP contribution in [-0.2, 0) is 6.42 Å². The number of aromatic nitrogens is 2. The van der Waals surface area contributed by atoms with Crippen molar-refractivity contribution in [1.29, 1.82) is 0 Å². The summed E-state index contributed by atoms with van der Waals surface area (Å²) in [7, 11) is 0. The summed E-state index contributed by atoms with van der Waals surface area (Å²) >= 11 is 1.32. The SMILES string of the molecule is CC(C)Cc1nnc(C(=O)Nc2ccc(C(=O)NCCCN3CCCCC3)cc2)s1. The van der Waals surface area contributed by atoms with Crippen LogP contribution < -0.4 is 10.6 Å². The van der Waals surface area contributed by atoms with Gasteiger partial charge in [0.05, 0.1) is 0 Å². The van der Waals surface area contributed by atoms with Gasteiger partial charge < -0.3 is 15.5 Å². The number of likely N-dealkylation sites (tertiary alicyclic amines) is 1. The van der Waals surface area contributed by atoms with Crippen molar-refractivity contribution in [2.45, 2.75) is 46.0 Å². The van der Waals surface area contributed by atoms with Gasteiger partial charge in [0.15, 0.2) is 0 Å². The van der Waals surface area contributed by atoms with E-state index in [4.69, 9.17) is 0 Å². The van der Waals surface area contributed by atoms with Crippen molar-refractivity contribution in [2.24, 2.45) is 5.92 Å². The summed E-state index contributed by atoms with van der Waals surface area (Å²) in [5, 5.41) is 15.0. The number of carbonyl (C=O) groups is 2. The van der Waals surface area contributed by atoms with Gasteiger partial charge >= 0.3 is 0 Å². The minimum atomic E-state index is -0.280. The molecule has 2 heterocycles. The first kappa shape index (κ1) is 22.4. The van der Waals surface area contributed by atoms with Crippen LogP contribution in [0.15, 0.2) is 24.3 Å². The zero-order chi connectivity index (χ0) is 21.3. The Balaban J connectivity index is 1.42. The van der Waals surface area contributed by atoms with Gasteiger partial charge in [-0.15, -0.1) is 10.2 Å². The smallest absolute Gasteiger partial charge is 0.286 e. The number of nitrogens with one attached hydrogen (secondary N) is 2. The van der Waals surface area contributed by atoms with Gasteiger partial charge in [0.1, 0.15) is 5.01 Å². The van der Waals surface area contributed by atoms with E-state index in [0.29, 0.717) is 28.7 Å². The molecule has 2 N–H and O–H groups in total. The zero-order valence-electron chi connectivity index (χ0n) is 17.8. The molecule has 30 heavy (non-hydrogen) atoms. The van der Waals surface area contributed by atoms with Crippen LogP contribution in [0.2, 0.25) is 0 Å². The second-order valence-corrected chi connectivity index (χ2v) is 9.20. The van der Waals surface area contributed by atoms with E-state index in [1.807, 2.05) is 0 Å². The van der Waals surface area contributed by atoms with Crippen LogP contribution in [0.1, 0.15) is 64.7 Å². The lowest BCUT2D eigenvalue weighted by Crippen LogP contribution is -2.33. The largest absolute Gasteiger partial charge is 0.352 e. The maximum atomic E-state index is 12.4. The molecule has 0 radical (unpaired) electrons. The number of benzene rings is 1. The third-order valence-corrected chi connectivity index (χ3v) is 5.98. The molecule has 2 amide bonds. The molecule has 2 aromatic rings. The highest BCUT2D eigenvalue weighted by atomic mass is 32.1. The molecule has 0 unspecified atom stereocenters. The Morgan fingerprint density at radius 2 is 1.80 bits per heavy atom. The normalized spacial score (nSPS) is 14.6. The van der Waals surface area contributed by atoms with Gasteiger partial charge in [-0.3, -0.25) is 9.59 Å². The molecular weight excluding hydrogens is 398 g/mol. The standard InChI is InChI=1S/C22H31N5O2S/c1-16(2)15-19-25-26-22(30-19)21(29)24-18-9-7-17(8-10-18)20(28)23-11-6-14-27-12-4-3-5-13-27/h7-10,16H,3-6,11-15H2,1-2H3,(H,23,28)(H,24,29). The third kappa shape index (κ3) is 6.88. The van der Waals surface area contributed by atoms with Gasteiger partial charge in [-0.1, -0.05) is 31.6 Å². The Morgan fingerprint density at radius 1 is 1.07 bits per heavy atom. The fourth-order valence-corrected chi connectivity index (χ4v) is 4.40. The number of nitrogens with zero attached hydrogens (tertiary/aromatic N) is 3. The molecule has 0 atom stereocenters. The molecule has 3 rings (SSSR count). The molecule has 0 saturated carbocycles. The van der Waals surface area contributed by atoms with Gasteiger partial charge in [0, 0.05) is 24.2 Å². The first-order chi connectivity index (χ1) is 14.5. The number of hydrogen-bond donors (Lipinski definition) is 2. The van der Waals surface area contributed by atoms with Crippen LogP contribution in [0.25, 0.3) is 0 Å². The van der Waals surface area contributed by atoms with Gasteiger partial charge in [-0.05, 0) is 69.1 Å². The quantitative estimate of drug-likeness (QED) is 0.595. The fourth-order valence-electron chi connectivity index (χ4n) is 3.46. The molecule has 0 spiro atoms. The number of hydrogen-bond acceptors (Lipinski definition) is 6. The average molecular weight is 430 g/mol. The Labute approximate surface area is 182 Å². The Hall–Kier alpha value is -2.32. The number of amides is 2. The molecule has 0 bridgehead atoms. The van der Waals surface area contributed by atoms with Crippen molar-refractivity contribution in [3.8, 4) is 0 Å². The van der Waals surface area contributed by atoms with Crippen molar-refractivity contribution < 1.29 is 9.59 Å². The first-order valence-electron chi connectivity index (χ1n) is 10.8. The first-order valence-corrected chi connectivity index (χ1v) is 11.6. The molecule has 0 aliphatic carbocycles. The predicted octanol–water partition coefficient (Wildman–Crippen LogP) is 3.59. The fraction of sp³-hybridized carbons (Fsp3) is 0.545. The monoisotopic (exact) mass is 429 g/mol. The molecule has 8 heteroatoms. The van der Waals surface area contributed by atoms with E-state index in [1.54, 1.807) is 24.3 Å². The summed E-state index contributed by atoms with van der Waals surface area (Å²) in [4.78, 5) is 27.1. The van der Waals surface area contributed by atoms with E-state index in [-0.39, 0.29) is 11.8 Å². The lowest BCUT2D eigenvalue weighted by molar-refractivity contribution is 0.0950. The van der Waals surface area contributed by atoms with Crippen molar-refractivity contribution in [3.63, 3.8) is 0 Å². The highest BCUT2D eigenvalue weighted by Crippen LogP contribution is 2.17. The summed E-state index contributed by atoms with van der Waals surface area (Å²) in [6.45, 7) is 8.27. The molecule has 7 nitrogen and oxygen atoms in total.